The zero-order valence-electron chi connectivity index (χ0n) is 12.6. The number of hydrogen-bond donors (Lipinski definition) is 2. The molecule has 2 aromatic rings. The normalized spacial score (nSPS) is 12.4. The van der Waals surface area contributed by atoms with Crippen molar-refractivity contribution in [2.75, 3.05) is 0 Å². The number of aliphatic hydroxyl groups excluding tert-OH is 1. The lowest BCUT2D eigenvalue weighted by atomic mass is 9.87. The lowest BCUT2D eigenvalue weighted by Crippen LogP contribution is -2.10. The third-order valence-corrected chi connectivity index (χ3v) is 3.34. The fourth-order valence-electron chi connectivity index (χ4n) is 2.00. The summed E-state index contributed by atoms with van der Waals surface area (Å²) in [7, 11) is 0. The van der Waals surface area contributed by atoms with E-state index in [4.69, 9.17) is 0 Å². The molecule has 0 radical (unpaired) electrons. The zero-order valence-corrected chi connectivity index (χ0v) is 12.6. The molecule has 0 amide bonds. The van der Waals surface area contributed by atoms with Gasteiger partial charge in [-0.25, -0.2) is 0 Å². The number of aliphatic hydroxyl groups is 1. The Bertz CT molecular complexity index is 667. The van der Waals surface area contributed by atoms with Crippen molar-refractivity contribution < 1.29 is 10.2 Å². The molecule has 2 nitrogen and oxygen atoms in total. The van der Waals surface area contributed by atoms with E-state index in [1.54, 1.807) is 24.3 Å². The molecular weight excluding hydrogens is 260 g/mol. The largest absolute Gasteiger partial charge is 0.508 e. The van der Waals surface area contributed by atoms with Gasteiger partial charge in [-0.3, -0.25) is 0 Å². The number of rotatable bonds is 1. The highest BCUT2D eigenvalue weighted by molar-refractivity contribution is 5.42. The van der Waals surface area contributed by atoms with Crippen LogP contribution in [0.4, 0.5) is 0 Å². The average molecular weight is 280 g/mol. The molecule has 1 atom stereocenters. The summed E-state index contributed by atoms with van der Waals surface area (Å²) in [6.07, 6.45) is -0.992. The highest BCUT2D eigenvalue weighted by atomic mass is 16.3. The van der Waals surface area contributed by atoms with E-state index in [1.807, 2.05) is 12.1 Å². The molecule has 2 aromatic carbocycles. The molecule has 0 aliphatic rings. The second kappa shape index (κ2) is 6.03. The number of para-hydroxylation sites is 1. The van der Waals surface area contributed by atoms with E-state index in [-0.39, 0.29) is 11.2 Å². The van der Waals surface area contributed by atoms with E-state index in [9.17, 15) is 10.2 Å². The highest BCUT2D eigenvalue weighted by Gasteiger charge is 2.12. The van der Waals surface area contributed by atoms with Crippen LogP contribution in [0, 0.1) is 11.8 Å². The topological polar surface area (TPSA) is 40.5 Å². The first kappa shape index (κ1) is 15.2. The lowest BCUT2D eigenvalue weighted by Gasteiger charge is -2.18. The Hall–Kier alpha value is -2.24. The molecule has 0 spiro atoms. The molecular formula is C19H20O2. The minimum Gasteiger partial charge on any atom is -0.508 e. The molecule has 108 valence electrons. The van der Waals surface area contributed by atoms with E-state index >= 15 is 0 Å². The molecule has 0 aliphatic heterocycles. The Morgan fingerprint density at radius 2 is 1.57 bits per heavy atom. The van der Waals surface area contributed by atoms with Gasteiger partial charge >= 0.3 is 0 Å². The molecule has 2 heteroatoms. The lowest BCUT2D eigenvalue weighted by molar-refractivity contribution is 0.233. The fourth-order valence-corrected chi connectivity index (χ4v) is 2.00. The number of phenolic OH excluding ortho intramolecular Hbond substituents is 1. The highest BCUT2D eigenvalue weighted by Crippen LogP contribution is 2.24. The second-order valence-corrected chi connectivity index (χ2v) is 6.06. The van der Waals surface area contributed by atoms with E-state index in [0.29, 0.717) is 5.56 Å². The van der Waals surface area contributed by atoms with Gasteiger partial charge in [-0.15, -0.1) is 0 Å². The van der Waals surface area contributed by atoms with Crippen LogP contribution >= 0.6 is 0 Å². The van der Waals surface area contributed by atoms with Crippen LogP contribution in [0.5, 0.6) is 5.75 Å². The summed E-state index contributed by atoms with van der Waals surface area (Å²) in [4.78, 5) is 0. The molecule has 0 bridgehead atoms. The van der Waals surface area contributed by atoms with Gasteiger partial charge in [-0.1, -0.05) is 62.9 Å². The molecule has 0 aromatic heterocycles. The standard InChI is InChI=1S/C19H20O2/c1-19(2,3)15-11-8-14(9-12-15)10-13-18(21)16-6-4-5-7-17(16)20/h4-9,11-12,18,20-21H,1-3H3/t18-/m1/s1. The smallest absolute Gasteiger partial charge is 0.144 e. The van der Waals surface area contributed by atoms with Crippen LogP contribution < -0.4 is 0 Å². The number of phenols is 1. The third-order valence-electron chi connectivity index (χ3n) is 3.34. The number of hydrogen-bond acceptors (Lipinski definition) is 2. The molecule has 21 heavy (non-hydrogen) atoms. The van der Waals surface area contributed by atoms with Crippen LogP contribution in [0.2, 0.25) is 0 Å². The SMILES string of the molecule is CC(C)(C)c1ccc(C#C[C@@H](O)c2ccccc2O)cc1. The van der Waals surface area contributed by atoms with E-state index in [0.717, 1.165) is 5.56 Å². The molecule has 0 aliphatic carbocycles. The molecule has 0 heterocycles. The molecule has 2 rings (SSSR count). The van der Waals surface area contributed by atoms with Crippen LogP contribution in [0.3, 0.4) is 0 Å². The van der Waals surface area contributed by atoms with Gasteiger partial charge in [0.1, 0.15) is 11.9 Å². The van der Waals surface area contributed by atoms with Crippen LogP contribution in [0.1, 0.15) is 43.6 Å². The predicted octanol–water partition coefficient (Wildman–Crippen LogP) is 3.77. The first-order valence-electron chi connectivity index (χ1n) is 6.96. The minimum absolute atomic E-state index is 0.0578. The van der Waals surface area contributed by atoms with Gasteiger partial charge in [-0.2, -0.15) is 0 Å². The van der Waals surface area contributed by atoms with Crippen molar-refractivity contribution in [2.24, 2.45) is 0 Å². The Morgan fingerprint density at radius 1 is 0.952 bits per heavy atom. The van der Waals surface area contributed by atoms with Gasteiger partial charge in [0.15, 0.2) is 0 Å². The fraction of sp³-hybridized carbons (Fsp3) is 0.263. The summed E-state index contributed by atoms with van der Waals surface area (Å²) in [5, 5.41) is 19.7. The maximum absolute atomic E-state index is 10.0. The second-order valence-electron chi connectivity index (χ2n) is 6.06. The Morgan fingerprint density at radius 3 is 2.14 bits per heavy atom. The van der Waals surface area contributed by atoms with Crippen molar-refractivity contribution in [1.29, 1.82) is 0 Å². The first-order chi connectivity index (χ1) is 9.88. The molecule has 0 fully saturated rings. The van der Waals surface area contributed by atoms with Crippen LogP contribution in [0.15, 0.2) is 48.5 Å². The van der Waals surface area contributed by atoms with E-state index in [1.165, 1.54) is 5.56 Å². The monoisotopic (exact) mass is 280 g/mol. The summed E-state index contributed by atoms with van der Waals surface area (Å²) in [5.41, 5.74) is 2.63. The van der Waals surface area contributed by atoms with Crippen LogP contribution in [0.25, 0.3) is 0 Å². The van der Waals surface area contributed by atoms with Crippen molar-refractivity contribution in [3.63, 3.8) is 0 Å². The van der Waals surface area contributed by atoms with Crippen molar-refractivity contribution in [3.05, 3.63) is 65.2 Å². The van der Waals surface area contributed by atoms with Crippen LogP contribution in [-0.4, -0.2) is 10.2 Å². The predicted molar refractivity (Wildman–Crippen MR) is 85.1 cm³/mol. The van der Waals surface area contributed by atoms with Crippen molar-refractivity contribution in [2.45, 2.75) is 32.3 Å². The van der Waals surface area contributed by atoms with Gasteiger partial charge in [0.05, 0.1) is 0 Å². The van der Waals surface area contributed by atoms with Crippen molar-refractivity contribution in [3.8, 4) is 17.6 Å². The maximum Gasteiger partial charge on any atom is 0.144 e. The summed E-state index contributed by atoms with van der Waals surface area (Å²) in [6, 6.07) is 14.7. The van der Waals surface area contributed by atoms with E-state index in [2.05, 4.69) is 44.7 Å². The first-order valence-corrected chi connectivity index (χ1v) is 6.96. The minimum atomic E-state index is -0.992. The van der Waals surface area contributed by atoms with Gasteiger partial charge in [-0.05, 0) is 29.2 Å². The van der Waals surface area contributed by atoms with Gasteiger partial charge in [0, 0.05) is 11.1 Å². The zero-order chi connectivity index (χ0) is 15.5. The summed E-state index contributed by atoms with van der Waals surface area (Å²) in [6.45, 7) is 6.49. The summed E-state index contributed by atoms with van der Waals surface area (Å²) < 4.78 is 0. The molecule has 0 unspecified atom stereocenters. The van der Waals surface area contributed by atoms with Crippen LogP contribution in [-0.2, 0) is 5.41 Å². The number of aromatic hydroxyl groups is 1. The van der Waals surface area contributed by atoms with Gasteiger partial charge in [0.2, 0.25) is 0 Å². The van der Waals surface area contributed by atoms with Gasteiger partial charge < -0.3 is 10.2 Å². The van der Waals surface area contributed by atoms with Crippen molar-refractivity contribution >= 4 is 0 Å². The van der Waals surface area contributed by atoms with Crippen molar-refractivity contribution in [1.82, 2.24) is 0 Å². The molecule has 0 saturated heterocycles. The molecule has 2 N–H and O–H groups in total. The third kappa shape index (κ3) is 3.87. The maximum atomic E-state index is 10.0. The average Bonchev–Trinajstić information content (AvgIpc) is 2.45. The summed E-state index contributed by atoms with van der Waals surface area (Å²) in [5.74, 6) is 5.76. The van der Waals surface area contributed by atoms with Gasteiger partial charge in [0.25, 0.3) is 0 Å². The Labute approximate surface area is 126 Å². The summed E-state index contributed by atoms with van der Waals surface area (Å²) >= 11 is 0. The Kier molecular flexibility index (Phi) is 4.35. The number of benzene rings is 2. The molecule has 0 saturated carbocycles. The quantitative estimate of drug-likeness (QED) is 0.781. The Balaban J connectivity index is 2.18. The van der Waals surface area contributed by atoms with E-state index < -0.39 is 6.10 Å².